The number of halogens is 1. The lowest BCUT2D eigenvalue weighted by Gasteiger charge is -2.21. The van der Waals surface area contributed by atoms with E-state index in [0.717, 1.165) is 4.48 Å². The van der Waals surface area contributed by atoms with Crippen LogP contribution < -0.4 is 5.32 Å². The third kappa shape index (κ3) is 9.94. The Balaban J connectivity index is 3.81. The third-order valence-electron chi connectivity index (χ3n) is 1.54. The molecule has 88 valence electrons. The molecule has 0 radical (unpaired) electrons. The van der Waals surface area contributed by atoms with Crippen LogP contribution in [0.2, 0.25) is 0 Å². The monoisotopic (exact) mass is 277 g/mol. The van der Waals surface area contributed by atoms with Crippen LogP contribution in [0.5, 0.6) is 0 Å². The molecular weight excluding hydrogens is 258 g/mol. The maximum Gasteiger partial charge on any atom is 0.307 e. The number of hydrogen-bond donors (Lipinski definition) is 1. The highest BCUT2D eigenvalue weighted by Crippen LogP contribution is 2.09. The Kier molecular flexibility index (Phi) is 6.13. The van der Waals surface area contributed by atoms with Crippen molar-refractivity contribution in [3.63, 3.8) is 0 Å². The Morgan fingerprint density at radius 1 is 1.53 bits per heavy atom. The first-order chi connectivity index (χ1) is 6.70. The van der Waals surface area contributed by atoms with Gasteiger partial charge in [0.1, 0.15) is 5.60 Å². The summed E-state index contributed by atoms with van der Waals surface area (Å²) >= 11 is 3.24. The number of rotatable bonds is 5. The van der Waals surface area contributed by atoms with Crippen LogP contribution in [0.25, 0.3) is 0 Å². The summed E-state index contributed by atoms with van der Waals surface area (Å²) in [6.45, 7) is 11.9. The quantitative estimate of drug-likeness (QED) is 0.786. The molecule has 0 aliphatic heterocycles. The first-order valence-electron chi connectivity index (χ1n) is 4.99. The van der Waals surface area contributed by atoms with E-state index in [9.17, 15) is 4.79 Å². The van der Waals surface area contributed by atoms with E-state index in [0.29, 0.717) is 13.0 Å². The van der Waals surface area contributed by atoms with Gasteiger partial charge in [-0.15, -0.1) is 0 Å². The molecule has 3 nitrogen and oxygen atoms in total. The average Bonchev–Trinajstić information content (AvgIpc) is 1.96. The number of esters is 1. The Bertz CT molecular complexity index is 233. The van der Waals surface area contributed by atoms with Crippen molar-refractivity contribution in [1.29, 1.82) is 0 Å². The van der Waals surface area contributed by atoms with Gasteiger partial charge in [0.2, 0.25) is 0 Å². The molecular formula is C11H20BrNO2. The predicted octanol–water partition coefficient (Wildman–Crippen LogP) is 2.60. The van der Waals surface area contributed by atoms with Gasteiger partial charge in [-0.25, -0.2) is 0 Å². The second-order valence-corrected chi connectivity index (χ2v) is 5.71. The third-order valence-corrected chi connectivity index (χ3v) is 1.82. The van der Waals surface area contributed by atoms with E-state index in [1.165, 1.54) is 0 Å². The van der Waals surface area contributed by atoms with Crippen molar-refractivity contribution in [2.75, 3.05) is 6.54 Å². The maximum atomic E-state index is 11.4. The van der Waals surface area contributed by atoms with Gasteiger partial charge < -0.3 is 10.1 Å². The molecule has 0 spiro atoms. The molecule has 15 heavy (non-hydrogen) atoms. The minimum Gasteiger partial charge on any atom is -0.460 e. The highest BCUT2D eigenvalue weighted by Gasteiger charge is 2.17. The molecule has 0 aromatic heterocycles. The van der Waals surface area contributed by atoms with Gasteiger partial charge in [-0.05, 0) is 27.7 Å². The number of ether oxygens (including phenoxy) is 1. The Labute approximate surface area is 100 Å². The minimum absolute atomic E-state index is 0.0918. The number of hydrogen-bond acceptors (Lipinski definition) is 3. The van der Waals surface area contributed by atoms with Gasteiger partial charge in [0.15, 0.2) is 0 Å². The highest BCUT2D eigenvalue weighted by molar-refractivity contribution is 9.11. The summed E-state index contributed by atoms with van der Waals surface area (Å²) in [6, 6.07) is 0.0918. The van der Waals surface area contributed by atoms with Crippen LogP contribution in [0, 0.1) is 0 Å². The van der Waals surface area contributed by atoms with Crippen LogP contribution >= 0.6 is 15.9 Å². The molecule has 0 saturated heterocycles. The van der Waals surface area contributed by atoms with Crippen molar-refractivity contribution in [2.24, 2.45) is 0 Å². The SMILES string of the molecule is C=C(Br)CNC(C)CC(=O)OC(C)(C)C. The van der Waals surface area contributed by atoms with E-state index >= 15 is 0 Å². The van der Waals surface area contributed by atoms with Gasteiger partial charge >= 0.3 is 5.97 Å². The van der Waals surface area contributed by atoms with Crippen molar-refractivity contribution < 1.29 is 9.53 Å². The fourth-order valence-electron chi connectivity index (χ4n) is 0.990. The summed E-state index contributed by atoms with van der Waals surface area (Å²) in [5, 5.41) is 3.15. The van der Waals surface area contributed by atoms with Crippen molar-refractivity contribution in [1.82, 2.24) is 5.32 Å². The van der Waals surface area contributed by atoms with Crippen LogP contribution in [0.15, 0.2) is 11.1 Å². The second kappa shape index (κ2) is 6.28. The molecule has 0 aliphatic rings. The van der Waals surface area contributed by atoms with Gasteiger partial charge in [-0.3, -0.25) is 4.79 Å². The molecule has 0 bridgehead atoms. The number of carbonyl (C=O) groups is 1. The van der Waals surface area contributed by atoms with Gasteiger partial charge in [0.25, 0.3) is 0 Å². The molecule has 4 heteroatoms. The van der Waals surface area contributed by atoms with E-state index in [1.807, 2.05) is 27.7 Å². The predicted molar refractivity (Wildman–Crippen MR) is 66.0 cm³/mol. The van der Waals surface area contributed by atoms with Crippen molar-refractivity contribution in [2.45, 2.75) is 45.8 Å². The molecule has 0 saturated carbocycles. The zero-order chi connectivity index (χ0) is 12.1. The van der Waals surface area contributed by atoms with E-state index in [2.05, 4.69) is 27.8 Å². The van der Waals surface area contributed by atoms with E-state index in [4.69, 9.17) is 4.74 Å². The van der Waals surface area contributed by atoms with Crippen LogP contribution in [-0.2, 0) is 9.53 Å². The lowest BCUT2D eigenvalue weighted by molar-refractivity contribution is -0.155. The first-order valence-corrected chi connectivity index (χ1v) is 5.78. The zero-order valence-corrected chi connectivity index (χ0v) is 11.5. The Hall–Kier alpha value is -0.350. The molecule has 0 aromatic rings. The number of nitrogens with one attached hydrogen (secondary N) is 1. The smallest absolute Gasteiger partial charge is 0.307 e. The van der Waals surface area contributed by atoms with Crippen LogP contribution in [0.4, 0.5) is 0 Å². The van der Waals surface area contributed by atoms with Crippen LogP contribution in [-0.4, -0.2) is 24.2 Å². The summed E-state index contributed by atoms with van der Waals surface area (Å²) < 4.78 is 6.08. The molecule has 0 aromatic carbocycles. The molecule has 0 aliphatic carbocycles. The minimum atomic E-state index is -0.407. The molecule has 0 heterocycles. The van der Waals surface area contributed by atoms with E-state index < -0.39 is 5.60 Å². The van der Waals surface area contributed by atoms with Crippen molar-refractivity contribution in [3.05, 3.63) is 11.1 Å². The lowest BCUT2D eigenvalue weighted by atomic mass is 10.2. The van der Waals surface area contributed by atoms with Gasteiger partial charge in [-0.2, -0.15) is 0 Å². The summed E-state index contributed by atoms with van der Waals surface area (Å²) in [5.41, 5.74) is -0.407. The molecule has 0 fully saturated rings. The van der Waals surface area contributed by atoms with Gasteiger partial charge in [0.05, 0.1) is 6.42 Å². The topological polar surface area (TPSA) is 38.3 Å². The van der Waals surface area contributed by atoms with Crippen molar-refractivity contribution >= 4 is 21.9 Å². The molecule has 0 amide bonds. The summed E-state index contributed by atoms with van der Waals surface area (Å²) in [4.78, 5) is 11.4. The van der Waals surface area contributed by atoms with Gasteiger partial charge in [0, 0.05) is 17.1 Å². The molecule has 1 N–H and O–H groups in total. The summed E-state index contributed by atoms with van der Waals surface area (Å²) in [6.07, 6.45) is 0.373. The maximum absolute atomic E-state index is 11.4. The fraction of sp³-hybridized carbons (Fsp3) is 0.727. The summed E-state index contributed by atoms with van der Waals surface area (Å²) in [5.74, 6) is -0.178. The van der Waals surface area contributed by atoms with Crippen LogP contribution in [0.1, 0.15) is 34.1 Å². The molecule has 1 atom stereocenters. The van der Waals surface area contributed by atoms with Crippen molar-refractivity contribution in [3.8, 4) is 0 Å². The molecule has 1 unspecified atom stereocenters. The fourth-order valence-corrected chi connectivity index (χ4v) is 1.15. The zero-order valence-electron chi connectivity index (χ0n) is 9.89. The lowest BCUT2D eigenvalue weighted by Crippen LogP contribution is -2.32. The van der Waals surface area contributed by atoms with E-state index in [-0.39, 0.29) is 12.0 Å². The highest BCUT2D eigenvalue weighted by atomic mass is 79.9. The standard InChI is InChI=1S/C11H20BrNO2/c1-8(12)7-13-9(2)6-10(14)15-11(3,4)5/h9,13H,1,6-7H2,2-5H3. The largest absolute Gasteiger partial charge is 0.460 e. The first kappa shape index (κ1) is 14.6. The Morgan fingerprint density at radius 2 is 2.07 bits per heavy atom. The van der Waals surface area contributed by atoms with Crippen LogP contribution in [0.3, 0.4) is 0 Å². The number of carbonyl (C=O) groups excluding carboxylic acids is 1. The Morgan fingerprint density at radius 3 is 2.47 bits per heavy atom. The average molecular weight is 278 g/mol. The van der Waals surface area contributed by atoms with E-state index in [1.54, 1.807) is 0 Å². The summed E-state index contributed by atoms with van der Waals surface area (Å²) in [7, 11) is 0. The van der Waals surface area contributed by atoms with Gasteiger partial charge in [-0.1, -0.05) is 22.5 Å². The normalized spacial score (nSPS) is 13.4. The second-order valence-electron chi connectivity index (χ2n) is 4.59. The molecule has 0 rings (SSSR count).